The van der Waals surface area contributed by atoms with Crippen LogP contribution in [-0.4, -0.2) is 11.4 Å². The van der Waals surface area contributed by atoms with Gasteiger partial charge in [-0.25, -0.2) is 0 Å². The third-order valence-electron chi connectivity index (χ3n) is 5.53. The first-order valence-corrected chi connectivity index (χ1v) is 9.44. The molecule has 0 spiro atoms. The van der Waals surface area contributed by atoms with E-state index in [0.717, 1.165) is 22.6 Å². The highest BCUT2D eigenvalue weighted by atomic mass is 15.2. The molecule has 0 radical (unpaired) electrons. The lowest BCUT2D eigenvalue weighted by Gasteiger charge is -2.15. The second-order valence-corrected chi connectivity index (χ2v) is 7.14. The predicted octanol–water partition coefficient (Wildman–Crippen LogP) is 6.24. The van der Waals surface area contributed by atoms with Gasteiger partial charge < -0.3 is 0 Å². The van der Waals surface area contributed by atoms with E-state index in [9.17, 15) is 0 Å². The monoisotopic (exact) mass is 356 g/mol. The van der Waals surface area contributed by atoms with Gasteiger partial charge in [0.15, 0.2) is 0 Å². The molecule has 2 nitrogen and oxygen atoms in total. The summed E-state index contributed by atoms with van der Waals surface area (Å²) in [5, 5.41) is 14.3. The highest BCUT2D eigenvalue weighted by Crippen LogP contribution is 2.30. The van der Waals surface area contributed by atoms with Gasteiger partial charge in [-0.15, -0.1) is 10.2 Å². The quantitative estimate of drug-likeness (QED) is 0.361. The van der Waals surface area contributed by atoms with E-state index in [1.54, 1.807) is 0 Å². The zero-order valence-corrected chi connectivity index (χ0v) is 15.1. The van der Waals surface area contributed by atoms with Gasteiger partial charge in [0.2, 0.25) is 0 Å². The van der Waals surface area contributed by atoms with Crippen molar-refractivity contribution in [3.05, 3.63) is 107 Å². The first-order valence-electron chi connectivity index (χ1n) is 9.44. The summed E-state index contributed by atoms with van der Waals surface area (Å²) in [6.07, 6.45) is 8.37. The summed E-state index contributed by atoms with van der Waals surface area (Å²) in [7, 11) is 0. The van der Waals surface area contributed by atoms with Crippen LogP contribution in [0.2, 0.25) is 0 Å². The van der Waals surface area contributed by atoms with Crippen LogP contribution in [0, 0.1) is 0 Å². The molecule has 0 saturated carbocycles. The van der Waals surface area contributed by atoms with Crippen LogP contribution in [0.3, 0.4) is 0 Å². The van der Waals surface area contributed by atoms with E-state index in [4.69, 9.17) is 0 Å². The standard InChI is InChI=1S/C26H16N2/c1-5-17-9-3-11-21-23(15-13-19(7-1)25(17)21)27-28-24-16-14-20-8-2-6-18-10-4-12-22(24)26(18)20/h1-16H/b27-23-,28-24+. The van der Waals surface area contributed by atoms with E-state index >= 15 is 0 Å². The largest absolute Gasteiger partial charge is 0.150 e. The normalized spacial score (nSPS) is 17.1. The molecule has 0 aliphatic heterocycles. The first-order chi connectivity index (χ1) is 13.9. The molecule has 2 heteroatoms. The zero-order valence-electron chi connectivity index (χ0n) is 15.1. The second kappa shape index (κ2) is 5.86. The molecule has 0 atom stereocenters. The van der Waals surface area contributed by atoms with Crippen molar-refractivity contribution in [3.8, 4) is 0 Å². The lowest BCUT2D eigenvalue weighted by atomic mass is 9.92. The molecular formula is C26H16N2. The Morgan fingerprint density at radius 1 is 0.429 bits per heavy atom. The van der Waals surface area contributed by atoms with E-state index < -0.39 is 0 Å². The lowest BCUT2D eigenvalue weighted by molar-refractivity contribution is 1.24. The molecule has 0 amide bonds. The van der Waals surface area contributed by atoms with Crippen LogP contribution in [0.25, 0.3) is 33.7 Å². The highest BCUT2D eigenvalue weighted by Gasteiger charge is 2.15. The summed E-state index contributed by atoms with van der Waals surface area (Å²) in [5.74, 6) is 0. The number of allylic oxidation sites excluding steroid dienone is 2. The van der Waals surface area contributed by atoms with Crippen LogP contribution in [0.5, 0.6) is 0 Å². The van der Waals surface area contributed by atoms with Gasteiger partial charge in [0, 0.05) is 11.1 Å². The van der Waals surface area contributed by atoms with E-state index in [1.807, 2.05) is 0 Å². The van der Waals surface area contributed by atoms with Crippen molar-refractivity contribution in [1.29, 1.82) is 0 Å². The summed E-state index contributed by atoms with van der Waals surface area (Å²) >= 11 is 0. The number of nitrogens with zero attached hydrogens (tertiary/aromatic N) is 2. The summed E-state index contributed by atoms with van der Waals surface area (Å²) in [4.78, 5) is 0. The molecule has 4 aromatic carbocycles. The topological polar surface area (TPSA) is 24.7 Å². The van der Waals surface area contributed by atoms with Gasteiger partial charge in [-0.1, -0.05) is 84.9 Å². The average molecular weight is 356 g/mol. The van der Waals surface area contributed by atoms with E-state index in [0.29, 0.717) is 0 Å². The van der Waals surface area contributed by atoms with Gasteiger partial charge >= 0.3 is 0 Å². The third kappa shape index (κ3) is 2.21. The van der Waals surface area contributed by atoms with Gasteiger partial charge in [-0.2, -0.15) is 0 Å². The smallest absolute Gasteiger partial charge is 0.0936 e. The van der Waals surface area contributed by atoms with Crippen molar-refractivity contribution in [2.24, 2.45) is 10.2 Å². The molecule has 28 heavy (non-hydrogen) atoms. The zero-order chi connectivity index (χ0) is 18.5. The minimum atomic E-state index is 0.899. The SMILES string of the molecule is C1=Cc2cccc3cccc(c23)/C1=N\N=C1/C=Cc2cccc3cccc1c23. The molecule has 0 saturated heterocycles. The van der Waals surface area contributed by atoms with Gasteiger partial charge in [0.25, 0.3) is 0 Å². The van der Waals surface area contributed by atoms with E-state index in [2.05, 4.69) is 107 Å². The molecule has 4 aromatic rings. The van der Waals surface area contributed by atoms with E-state index in [1.165, 1.54) is 32.7 Å². The molecular weight excluding hydrogens is 340 g/mol. The van der Waals surface area contributed by atoms with Crippen LogP contribution in [0.1, 0.15) is 22.3 Å². The lowest BCUT2D eigenvalue weighted by Crippen LogP contribution is -2.05. The van der Waals surface area contributed by atoms with Crippen LogP contribution < -0.4 is 0 Å². The first kappa shape index (κ1) is 15.3. The minimum Gasteiger partial charge on any atom is -0.150 e. The summed E-state index contributed by atoms with van der Waals surface area (Å²) < 4.78 is 0. The molecule has 130 valence electrons. The summed E-state index contributed by atoms with van der Waals surface area (Å²) in [5.41, 5.74) is 6.54. The number of hydrogen-bond donors (Lipinski definition) is 0. The Labute approximate surface area is 162 Å². The average Bonchev–Trinajstić information content (AvgIpc) is 2.75. The Balaban J connectivity index is 1.52. The fraction of sp³-hybridized carbons (Fsp3) is 0. The molecule has 0 fully saturated rings. The maximum atomic E-state index is 4.66. The number of rotatable bonds is 1. The van der Waals surface area contributed by atoms with Crippen LogP contribution in [-0.2, 0) is 0 Å². The maximum Gasteiger partial charge on any atom is 0.0936 e. The van der Waals surface area contributed by atoms with Gasteiger partial charge in [0.05, 0.1) is 11.4 Å². The Morgan fingerprint density at radius 2 is 0.857 bits per heavy atom. The Bertz CT molecular complexity index is 1280. The summed E-state index contributed by atoms with van der Waals surface area (Å²) in [6, 6.07) is 25.5. The van der Waals surface area contributed by atoms with Crippen molar-refractivity contribution in [2.45, 2.75) is 0 Å². The van der Waals surface area contributed by atoms with Gasteiger partial charge in [-0.05, 0) is 44.8 Å². The fourth-order valence-corrected chi connectivity index (χ4v) is 4.24. The van der Waals surface area contributed by atoms with Crippen molar-refractivity contribution in [1.82, 2.24) is 0 Å². The third-order valence-corrected chi connectivity index (χ3v) is 5.53. The van der Waals surface area contributed by atoms with E-state index in [-0.39, 0.29) is 0 Å². The summed E-state index contributed by atoms with van der Waals surface area (Å²) in [6.45, 7) is 0. The Hall–Kier alpha value is -3.78. The molecule has 2 aliphatic carbocycles. The molecule has 0 heterocycles. The molecule has 6 rings (SSSR count). The van der Waals surface area contributed by atoms with Gasteiger partial charge in [0.1, 0.15) is 0 Å². The maximum absolute atomic E-state index is 4.66. The van der Waals surface area contributed by atoms with Crippen molar-refractivity contribution in [3.63, 3.8) is 0 Å². The van der Waals surface area contributed by atoms with Crippen LogP contribution in [0.4, 0.5) is 0 Å². The second-order valence-electron chi connectivity index (χ2n) is 7.14. The van der Waals surface area contributed by atoms with Crippen molar-refractivity contribution < 1.29 is 0 Å². The van der Waals surface area contributed by atoms with Crippen LogP contribution >= 0.6 is 0 Å². The van der Waals surface area contributed by atoms with Crippen molar-refractivity contribution >= 4 is 45.1 Å². The molecule has 0 aromatic heterocycles. The predicted molar refractivity (Wildman–Crippen MR) is 119 cm³/mol. The number of benzene rings is 4. The molecule has 0 unspecified atom stereocenters. The van der Waals surface area contributed by atoms with Gasteiger partial charge in [-0.3, -0.25) is 0 Å². The fourth-order valence-electron chi connectivity index (χ4n) is 4.24. The number of hydrogen-bond acceptors (Lipinski definition) is 2. The highest BCUT2D eigenvalue weighted by molar-refractivity contribution is 6.24. The van der Waals surface area contributed by atoms with Crippen LogP contribution in [0.15, 0.2) is 95.2 Å². The molecule has 0 N–H and O–H groups in total. The minimum absolute atomic E-state index is 0.899. The Morgan fingerprint density at radius 3 is 1.32 bits per heavy atom. The molecule has 0 bridgehead atoms. The Kier molecular flexibility index (Phi) is 3.20. The van der Waals surface area contributed by atoms with Crippen molar-refractivity contribution in [2.75, 3.05) is 0 Å². The molecule has 2 aliphatic rings.